The number of aryl methyl sites for hydroxylation is 1. The minimum Gasteiger partial charge on any atom is -0.497 e. The predicted molar refractivity (Wildman–Crippen MR) is 102 cm³/mol. The Hall–Kier alpha value is -2.79. The molecule has 3 aromatic rings. The zero-order chi connectivity index (χ0) is 18.5. The highest BCUT2D eigenvalue weighted by atomic mass is 35.5. The lowest BCUT2D eigenvalue weighted by atomic mass is 10.1. The van der Waals surface area contributed by atoms with Crippen LogP contribution in [0.2, 0.25) is 5.02 Å². The topological polar surface area (TPSA) is 60.5 Å². The second-order valence-electron chi connectivity index (χ2n) is 5.74. The number of pyridine rings is 1. The molecule has 26 heavy (non-hydrogen) atoms. The van der Waals surface area contributed by atoms with Crippen LogP contribution < -0.4 is 14.8 Å². The molecule has 1 N–H and O–H groups in total. The van der Waals surface area contributed by atoms with Crippen molar-refractivity contribution in [2.75, 3.05) is 20.3 Å². The Morgan fingerprint density at radius 3 is 2.58 bits per heavy atom. The van der Waals surface area contributed by atoms with E-state index in [1.165, 1.54) is 0 Å². The van der Waals surface area contributed by atoms with Crippen LogP contribution in [0.4, 0.5) is 0 Å². The smallest absolute Gasteiger partial charge is 0.253 e. The van der Waals surface area contributed by atoms with Crippen LogP contribution in [0, 0.1) is 6.92 Å². The van der Waals surface area contributed by atoms with E-state index in [1.807, 2.05) is 43.3 Å². The van der Waals surface area contributed by atoms with Crippen LogP contribution in [0.15, 0.2) is 48.5 Å². The van der Waals surface area contributed by atoms with Gasteiger partial charge in [0.2, 0.25) is 0 Å². The molecule has 1 heterocycles. The number of fused-ring (bicyclic) bond motifs is 1. The van der Waals surface area contributed by atoms with Crippen molar-refractivity contribution < 1.29 is 14.3 Å². The summed E-state index contributed by atoms with van der Waals surface area (Å²) >= 11 is 6.02. The lowest BCUT2D eigenvalue weighted by Crippen LogP contribution is -2.28. The van der Waals surface area contributed by atoms with E-state index in [9.17, 15) is 4.79 Å². The van der Waals surface area contributed by atoms with Gasteiger partial charge in [-0.3, -0.25) is 9.78 Å². The minimum absolute atomic E-state index is 0.185. The molecule has 0 radical (unpaired) electrons. The van der Waals surface area contributed by atoms with Gasteiger partial charge < -0.3 is 14.8 Å². The SMILES string of the molecule is COc1ccc(OCCNC(=O)c2cc3cc(Cl)ccc3nc2C)cc1. The molecule has 0 atom stereocenters. The molecule has 1 amide bonds. The maximum atomic E-state index is 12.4. The Labute approximate surface area is 156 Å². The van der Waals surface area contributed by atoms with Gasteiger partial charge in [0.25, 0.3) is 5.91 Å². The molecule has 0 bridgehead atoms. The second-order valence-corrected chi connectivity index (χ2v) is 6.17. The van der Waals surface area contributed by atoms with Crippen LogP contribution in [-0.4, -0.2) is 31.2 Å². The summed E-state index contributed by atoms with van der Waals surface area (Å²) in [5.74, 6) is 1.30. The number of nitrogens with one attached hydrogen (secondary N) is 1. The first-order chi connectivity index (χ1) is 12.6. The van der Waals surface area contributed by atoms with E-state index in [0.29, 0.717) is 29.4 Å². The molecule has 5 nitrogen and oxygen atoms in total. The molecule has 0 unspecified atom stereocenters. The molecule has 0 spiro atoms. The fourth-order valence-corrected chi connectivity index (χ4v) is 2.75. The molecule has 0 aliphatic carbocycles. The van der Waals surface area contributed by atoms with E-state index >= 15 is 0 Å². The maximum absolute atomic E-state index is 12.4. The molecule has 0 aliphatic heterocycles. The highest BCUT2D eigenvalue weighted by molar-refractivity contribution is 6.31. The van der Waals surface area contributed by atoms with Gasteiger partial charge >= 0.3 is 0 Å². The number of ether oxygens (including phenoxy) is 2. The van der Waals surface area contributed by atoms with Crippen LogP contribution in [0.3, 0.4) is 0 Å². The third-order valence-electron chi connectivity index (χ3n) is 3.93. The molecule has 6 heteroatoms. The number of carbonyl (C=O) groups is 1. The van der Waals surface area contributed by atoms with E-state index in [4.69, 9.17) is 21.1 Å². The van der Waals surface area contributed by atoms with Crippen LogP contribution in [-0.2, 0) is 0 Å². The van der Waals surface area contributed by atoms with E-state index in [1.54, 1.807) is 19.2 Å². The van der Waals surface area contributed by atoms with Crippen LogP contribution >= 0.6 is 11.6 Å². The number of carbonyl (C=O) groups excluding carboxylic acids is 1. The molecule has 0 saturated carbocycles. The summed E-state index contributed by atoms with van der Waals surface area (Å²) in [6.07, 6.45) is 0. The quantitative estimate of drug-likeness (QED) is 0.666. The Bertz CT molecular complexity index is 926. The first-order valence-electron chi connectivity index (χ1n) is 8.19. The second kappa shape index (κ2) is 8.06. The Balaban J connectivity index is 1.59. The van der Waals surface area contributed by atoms with Crippen molar-refractivity contribution in [3.63, 3.8) is 0 Å². The summed E-state index contributed by atoms with van der Waals surface area (Å²) in [6, 6.07) is 14.5. The number of rotatable bonds is 6. The number of amides is 1. The van der Waals surface area contributed by atoms with Gasteiger partial charge in [-0.1, -0.05) is 11.6 Å². The summed E-state index contributed by atoms with van der Waals surface area (Å²) in [4.78, 5) is 16.9. The third kappa shape index (κ3) is 4.24. The number of halogens is 1. The standard InChI is InChI=1S/C20H19ClN2O3/c1-13-18(12-14-11-15(21)3-8-19(14)23-13)20(24)22-9-10-26-17-6-4-16(25-2)5-7-17/h3-8,11-12H,9-10H2,1-2H3,(H,22,24). The number of benzene rings is 2. The van der Waals surface area contributed by atoms with Gasteiger partial charge in [-0.15, -0.1) is 0 Å². The average molecular weight is 371 g/mol. The zero-order valence-corrected chi connectivity index (χ0v) is 15.3. The Kier molecular flexibility index (Phi) is 5.58. The largest absolute Gasteiger partial charge is 0.497 e. The fourth-order valence-electron chi connectivity index (χ4n) is 2.57. The first-order valence-corrected chi connectivity index (χ1v) is 8.56. The highest BCUT2D eigenvalue weighted by Gasteiger charge is 2.11. The van der Waals surface area contributed by atoms with Crippen molar-refractivity contribution >= 4 is 28.4 Å². The number of aromatic nitrogens is 1. The number of nitrogens with zero attached hydrogens (tertiary/aromatic N) is 1. The molecule has 1 aromatic heterocycles. The van der Waals surface area contributed by atoms with Gasteiger partial charge in [0, 0.05) is 10.4 Å². The normalized spacial score (nSPS) is 10.6. The Morgan fingerprint density at radius 1 is 1.12 bits per heavy atom. The van der Waals surface area contributed by atoms with Gasteiger partial charge in [-0.2, -0.15) is 0 Å². The number of hydrogen-bond acceptors (Lipinski definition) is 4. The molecule has 2 aromatic carbocycles. The Morgan fingerprint density at radius 2 is 1.85 bits per heavy atom. The van der Waals surface area contributed by atoms with Crippen molar-refractivity contribution in [3.05, 3.63) is 64.8 Å². The predicted octanol–water partition coefficient (Wildman–Crippen LogP) is 4.01. The van der Waals surface area contributed by atoms with Crippen molar-refractivity contribution in [2.45, 2.75) is 6.92 Å². The molecule has 134 valence electrons. The number of methoxy groups -OCH3 is 1. The lowest BCUT2D eigenvalue weighted by Gasteiger charge is -2.10. The molecular weight excluding hydrogens is 352 g/mol. The lowest BCUT2D eigenvalue weighted by molar-refractivity contribution is 0.0946. The fraction of sp³-hybridized carbons (Fsp3) is 0.200. The summed E-state index contributed by atoms with van der Waals surface area (Å²) < 4.78 is 10.7. The van der Waals surface area contributed by atoms with Gasteiger partial charge in [0.1, 0.15) is 18.1 Å². The summed E-state index contributed by atoms with van der Waals surface area (Å²) in [5.41, 5.74) is 2.02. The molecule has 3 rings (SSSR count). The van der Waals surface area contributed by atoms with Crippen LogP contribution in [0.25, 0.3) is 10.9 Å². The molecule has 0 saturated heterocycles. The van der Waals surface area contributed by atoms with E-state index in [2.05, 4.69) is 10.3 Å². The molecule has 0 aliphatic rings. The minimum atomic E-state index is -0.185. The number of hydrogen-bond donors (Lipinski definition) is 1. The summed E-state index contributed by atoms with van der Waals surface area (Å²) in [6.45, 7) is 2.57. The maximum Gasteiger partial charge on any atom is 0.253 e. The monoisotopic (exact) mass is 370 g/mol. The van der Waals surface area contributed by atoms with E-state index in [-0.39, 0.29) is 5.91 Å². The van der Waals surface area contributed by atoms with Gasteiger partial charge in [-0.05, 0) is 55.5 Å². The average Bonchev–Trinajstić information content (AvgIpc) is 2.65. The van der Waals surface area contributed by atoms with Gasteiger partial charge in [0.15, 0.2) is 0 Å². The van der Waals surface area contributed by atoms with Crippen molar-refractivity contribution in [3.8, 4) is 11.5 Å². The van der Waals surface area contributed by atoms with Crippen molar-refractivity contribution in [1.29, 1.82) is 0 Å². The van der Waals surface area contributed by atoms with Crippen molar-refractivity contribution in [1.82, 2.24) is 10.3 Å². The highest BCUT2D eigenvalue weighted by Crippen LogP contribution is 2.21. The van der Waals surface area contributed by atoms with Gasteiger partial charge in [-0.25, -0.2) is 0 Å². The van der Waals surface area contributed by atoms with Crippen LogP contribution in [0.5, 0.6) is 11.5 Å². The molecular formula is C20H19ClN2O3. The van der Waals surface area contributed by atoms with Gasteiger partial charge in [0.05, 0.1) is 30.4 Å². The third-order valence-corrected chi connectivity index (χ3v) is 4.16. The zero-order valence-electron chi connectivity index (χ0n) is 14.6. The summed E-state index contributed by atoms with van der Waals surface area (Å²) in [5, 5.41) is 4.30. The van der Waals surface area contributed by atoms with Crippen molar-refractivity contribution in [2.24, 2.45) is 0 Å². The molecule has 0 fully saturated rings. The summed E-state index contributed by atoms with van der Waals surface area (Å²) in [7, 11) is 1.61. The van der Waals surface area contributed by atoms with Crippen LogP contribution in [0.1, 0.15) is 16.1 Å². The first kappa shape index (κ1) is 18.0. The van der Waals surface area contributed by atoms with E-state index in [0.717, 1.165) is 22.4 Å². The van der Waals surface area contributed by atoms with E-state index < -0.39 is 0 Å².